The molecule has 1 aromatic carbocycles. The summed E-state index contributed by atoms with van der Waals surface area (Å²) in [5.74, 6) is 1.33. The Morgan fingerprint density at radius 2 is 1.89 bits per heavy atom. The lowest BCUT2D eigenvalue weighted by atomic mass is 10.1. The number of amides is 1. The number of likely N-dealkylation sites (tertiary alicyclic amines) is 1. The zero-order chi connectivity index (χ0) is 19.7. The number of benzene rings is 1. The maximum atomic E-state index is 11.8. The van der Waals surface area contributed by atoms with Crippen molar-refractivity contribution in [2.45, 2.75) is 50.7 Å². The number of rotatable bonds is 7. The van der Waals surface area contributed by atoms with Crippen molar-refractivity contribution in [3.8, 4) is 11.8 Å². The molecule has 3 aliphatic rings. The third-order valence-corrected chi connectivity index (χ3v) is 6.17. The smallest absolute Gasteiger partial charge is 0.441 e. The molecule has 2 heterocycles. The molecule has 2 saturated heterocycles. The number of hydrogen-bond donors (Lipinski definition) is 1. The van der Waals surface area contributed by atoms with E-state index in [4.69, 9.17) is 10.1 Å². The first kappa shape index (κ1) is 19.0. The van der Waals surface area contributed by atoms with Gasteiger partial charge in [-0.05, 0) is 62.8 Å². The molecule has 3 unspecified atom stereocenters. The molecule has 3 atom stereocenters. The molecule has 0 spiro atoms. The van der Waals surface area contributed by atoms with Gasteiger partial charge in [0.2, 0.25) is 0 Å². The van der Waals surface area contributed by atoms with Gasteiger partial charge in [-0.25, -0.2) is 4.79 Å². The predicted molar refractivity (Wildman–Crippen MR) is 104 cm³/mol. The van der Waals surface area contributed by atoms with E-state index in [1.165, 1.54) is 32.2 Å². The van der Waals surface area contributed by atoms with Gasteiger partial charge in [-0.3, -0.25) is 9.80 Å². The number of carboxylic acid groups (broad SMARTS) is 1. The van der Waals surface area contributed by atoms with E-state index in [-0.39, 0.29) is 6.04 Å². The van der Waals surface area contributed by atoms with E-state index in [9.17, 15) is 9.90 Å². The second-order valence-electron chi connectivity index (χ2n) is 8.43. The van der Waals surface area contributed by atoms with Gasteiger partial charge in [0.05, 0.1) is 17.7 Å². The molecule has 2 bridgehead atoms. The normalized spacial score (nSPS) is 25.9. The standard InChI is InChI=1S/C21H28N4O3/c1-15(25(21(26)27)28-20-8-4-16(10-22)5-9-20)11-24-18-6-7-19(24)14-23(13-18)12-17-2-3-17/h4-5,8-9,15,17-19H,2-3,6-7,11-14H2,1H3,(H,26,27). The van der Waals surface area contributed by atoms with Crippen molar-refractivity contribution in [1.82, 2.24) is 14.9 Å². The highest BCUT2D eigenvalue weighted by atomic mass is 16.7. The average Bonchev–Trinajstić information content (AvgIpc) is 3.46. The number of carbonyl (C=O) groups is 1. The Hall–Kier alpha value is -2.30. The highest BCUT2D eigenvalue weighted by molar-refractivity contribution is 5.64. The van der Waals surface area contributed by atoms with Gasteiger partial charge in [0, 0.05) is 38.3 Å². The molecule has 0 radical (unpaired) electrons. The highest BCUT2D eigenvalue weighted by Crippen LogP contribution is 2.35. The minimum Gasteiger partial charge on any atom is -0.463 e. The molecule has 2 aliphatic heterocycles. The second-order valence-corrected chi connectivity index (χ2v) is 8.43. The zero-order valence-corrected chi connectivity index (χ0v) is 16.3. The Kier molecular flexibility index (Phi) is 5.42. The van der Waals surface area contributed by atoms with Crippen molar-refractivity contribution in [3.05, 3.63) is 29.8 Å². The molecule has 150 valence electrons. The molecule has 1 amide bonds. The molecule has 0 aromatic heterocycles. The fourth-order valence-electron chi connectivity index (χ4n) is 4.59. The summed E-state index contributed by atoms with van der Waals surface area (Å²) in [4.78, 5) is 22.5. The van der Waals surface area contributed by atoms with Crippen LogP contribution < -0.4 is 4.84 Å². The van der Waals surface area contributed by atoms with Gasteiger partial charge < -0.3 is 9.94 Å². The summed E-state index contributed by atoms with van der Waals surface area (Å²) >= 11 is 0. The Morgan fingerprint density at radius 3 is 2.43 bits per heavy atom. The van der Waals surface area contributed by atoms with Crippen molar-refractivity contribution in [2.75, 3.05) is 26.2 Å². The van der Waals surface area contributed by atoms with Crippen LogP contribution in [0.5, 0.6) is 5.75 Å². The van der Waals surface area contributed by atoms with Crippen LogP contribution in [0, 0.1) is 17.2 Å². The lowest BCUT2D eigenvalue weighted by Gasteiger charge is -2.43. The lowest BCUT2D eigenvalue weighted by Crippen LogP contribution is -2.57. The summed E-state index contributed by atoms with van der Waals surface area (Å²) in [5.41, 5.74) is 0.517. The maximum Gasteiger partial charge on any atom is 0.441 e. The van der Waals surface area contributed by atoms with Crippen LogP contribution in [0.4, 0.5) is 4.79 Å². The number of piperazine rings is 1. The van der Waals surface area contributed by atoms with Crippen LogP contribution in [0.25, 0.3) is 0 Å². The third-order valence-electron chi connectivity index (χ3n) is 6.17. The van der Waals surface area contributed by atoms with Gasteiger partial charge in [0.25, 0.3) is 0 Å². The number of fused-ring (bicyclic) bond motifs is 2. The van der Waals surface area contributed by atoms with E-state index in [1.54, 1.807) is 24.3 Å². The van der Waals surface area contributed by atoms with E-state index < -0.39 is 6.09 Å². The monoisotopic (exact) mass is 384 g/mol. The third kappa shape index (κ3) is 4.23. The Balaban J connectivity index is 1.37. The molecule has 4 rings (SSSR count). The molecule has 3 fully saturated rings. The summed E-state index contributed by atoms with van der Waals surface area (Å²) in [7, 11) is 0. The predicted octanol–water partition coefficient (Wildman–Crippen LogP) is 2.78. The summed E-state index contributed by atoms with van der Waals surface area (Å²) in [6, 6.07) is 9.30. The Bertz CT molecular complexity index is 729. The fourth-order valence-corrected chi connectivity index (χ4v) is 4.59. The van der Waals surface area contributed by atoms with Crippen molar-refractivity contribution < 1.29 is 14.7 Å². The molecule has 1 aromatic rings. The first-order valence-electron chi connectivity index (χ1n) is 10.2. The van der Waals surface area contributed by atoms with Crippen LogP contribution in [0.15, 0.2) is 24.3 Å². The van der Waals surface area contributed by atoms with E-state index in [1.807, 2.05) is 13.0 Å². The largest absolute Gasteiger partial charge is 0.463 e. The number of hydrogen-bond acceptors (Lipinski definition) is 5. The fraction of sp³-hybridized carbons (Fsp3) is 0.619. The van der Waals surface area contributed by atoms with Crippen molar-refractivity contribution >= 4 is 6.09 Å². The SMILES string of the molecule is CC(CN1C2CCC1CN(CC1CC1)C2)N(Oc1ccc(C#N)cc1)C(=O)O. The molecule has 1 aliphatic carbocycles. The zero-order valence-electron chi connectivity index (χ0n) is 16.3. The van der Waals surface area contributed by atoms with Crippen molar-refractivity contribution in [3.63, 3.8) is 0 Å². The second kappa shape index (κ2) is 7.98. The molecule has 1 N–H and O–H groups in total. The van der Waals surface area contributed by atoms with Crippen LogP contribution in [0.2, 0.25) is 0 Å². The molecule has 7 nitrogen and oxygen atoms in total. The Labute approximate surface area is 166 Å². The Morgan fingerprint density at radius 1 is 1.25 bits per heavy atom. The minimum atomic E-state index is -1.10. The molecule has 1 saturated carbocycles. The summed E-state index contributed by atoms with van der Waals surface area (Å²) in [5, 5.41) is 19.6. The summed E-state index contributed by atoms with van der Waals surface area (Å²) in [6.45, 7) is 6.01. The van der Waals surface area contributed by atoms with Gasteiger partial charge >= 0.3 is 6.09 Å². The molecule has 28 heavy (non-hydrogen) atoms. The van der Waals surface area contributed by atoms with Gasteiger partial charge in [-0.15, -0.1) is 5.06 Å². The van der Waals surface area contributed by atoms with E-state index in [0.29, 0.717) is 29.9 Å². The minimum absolute atomic E-state index is 0.286. The van der Waals surface area contributed by atoms with E-state index in [0.717, 1.165) is 24.1 Å². The average molecular weight is 384 g/mol. The van der Waals surface area contributed by atoms with Gasteiger partial charge in [0.1, 0.15) is 0 Å². The van der Waals surface area contributed by atoms with Crippen molar-refractivity contribution in [1.29, 1.82) is 5.26 Å². The van der Waals surface area contributed by atoms with Crippen LogP contribution in [0.1, 0.15) is 38.2 Å². The number of hydroxylamine groups is 2. The molecule has 7 heteroatoms. The molecular formula is C21H28N4O3. The maximum absolute atomic E-state index is 11.8. The van der Waals surface area contributed by atoms with Crippen LogP contribution in [-0.2, 0) is 0 Å². The van der Waals surface area contributed by atoms with Crippen LogP contribution in [-0.4, -0.2) is 70.4 Å². The van der Waals surface area contributed by atoms with E-state index >= 15 is 0 Å². The quantitative estimate of drug-likeness (QED) is 0.728. The summed E-state index contributed by atoms with van der Waals surface area (Å²) in [6.07, 6.45) is 4.06. The van der Waals surface area contributed by atoms with Gasteiger partial charge in [0.15, 0.2) is 5.75 Å². The van der Waals surface area contributed by atoms with E-state index in [2.05, 4.69) is 9.80 Å². The summed E-state index contributed by atoms with van der Waals surface area (Å²) < 4.78 is 0. The van der Waals surface area contributed by atoms with Crippen LogP contribution in [0.3, 0.4) is 0 Å². The van der Waals surface area contributed by atoms with Crippen molar-refractivity contribution in [2.24, 2.45) is 5.92 Å². The topological polar surface area (TPSA) is 80.0 Å². The van der Waals surface area contributed by atoms with Gasteiger partial charge in [-0.1, -0.05) is 0 Å². The first-order valence-corrected chi connectivity index (χ1v) is 10.2. The number of nitriles is 1. The first-order chi connectivity index (χ1) is 13.5. The van der Waals surface area contributed by atoms with Gasteiger partial charge in [-0.2, -0.15) is 5.26 Å². The molecular weight excluding hydrogens is 356 g/mol. The van der Waals surface area contributed by atoms with Crippen LogP contribution >= 0.6 is 0 Å². The highest BCUT2D eigenvalue weighted by Gasteiger charge is 2.42. The lowest BCUT2D eigenvalue weighted by molar-refractivity contribution is -0.0782. The number of nitrogens with zero attached hydrogens (tertiary/aromatic N) is 4.